The van der Waals surface area contributed by atoms with Crippen LogP contribution in [0.25, 0.3) is 0 Å². The number of rotatable bonds is 4. The van der Waals surface area contributed by atoms with Gasteiger partial charge in [0, 0.05) is 6.20 Å². The van der Waals surface area contributed by atoms with E-state index in [0.29, 0.717) is 5.69 Å². The van der Waals surface area contributed by atoms with Crippen LogP contribution in [0.5, 0.6) is 0 Å². The predicted molar refractivity (Wildman–Crippen MR) is 58.5 cm³/mol. The molecule has 0 radical (unpaired) electrons. The lowest BCUT2D eigenvalue weighted by molar-refractivity contribution is 0.212. The number of oxazole rings is 1. The molecule has 2 rings (SSSR count). The first-order valence-corrected chi connectivity index (χ1v) is 6.56. The summed E-state index contributed by atoms with van der Waals surface area (Å²) in [6, 6.07) is 5.08. The van der Waals surface area contributed by atoms with Crippen LogP contribution < -0.4 is 0 Å². The molecule has 7 heteroatoms. The molecule has 17 heavy (non-hydrogen) atoms. The van der Waals surface area contributed by atoms with Crippen LogP contribution in [0.15, 0.2) is 41.3 Å². The molecule has 0 aliphatic carbocycles. The van der Waals surface area contributed by atoms with Crippen LogP contribution in [0.4, 0.5) is 0 Å². The Balaban J connectivity index is 2.38. The Morgan fingerprint density at radius 3 is 2.65 bits per heavy atom. The van der Waals surface area contributed by atoms with Gasteiger partial charge >= 0.3 is 0 Å². The summed E-state index contributed by atoms with van der Waals surface area (Å²) in [5.74, 6) is 0.147. The van der Waals surface area contributed by atoms with Crippen LogP contribution in [-0.4, -0.2) is 24.6 Å². The van der Waals surface area contributed by atoms with Crippen molar-refractivity contribution in [3.63, 3.8) is 0 Å². The summed E-state index contributed by atoms with van der Waals surface area (Å²) < 4.78 is 32.4. The molecule has 2 aromatic rings. The lowest BCUT2D eigenvalue weighted by Gasteiger charge is -2.11. The van der Waals surface area contributed by atoms with Crippen LogP contribution in [0.1, 0.15) is 17.7 Å². The van der Waals surface area contributed by atoms with E-state index in [-0.39, 0.29) is 5.89 Å². The van der Waals surface area contributed by atoms with Crippen molar-refractivity contribution < 1.29 is 17.0 Å². The third-order valence-corrected chi connectivity index (χ3v) is 2.45. The highest BCUT2D eigenvalue weighted by molar-refractivity contribution is 7.86. The molecule has 0 aliphatic rings. The molecule has 0 saturated heterocycles. The SMILES string of the molecule is CS(=O)(=O)OC(c1ccccn1)c1ncco1. The predicted octanol–water partition coefficient (Wildman–Crippen LogP) is 1.14. The number of pyridine rings is 1. The quantitative estimate of drug-likeness (QED) is 0.761. The van der Waals surface area contributed by atoms with E-state index in [4.69, 9.17) is 8.60 Å². The molecular weight excluding hydrogens is 244 g/mol. The van der Waals surface area contributed by atoms with Gasteiger partial charge in [0.05, 0.1) is 18.1 Å². The first-order valence-electron chi connectivity index (χ1n) is 4.75. The molecule has 2 heterocycles. The van der Waals surface area contributed by atoms with Gasteiger partial charge < -0.3 is 4.42 Å². The van der Waals surface area contributed by atoms with Gasteiger partial charge in [-0.1, -0.05) is 6.07 Å². The second-order valence-corrected chi connectivity index (χ2v) is 4.91. The molecule has 0 aliphatic heterocycles. The van der Waals surface area contributed by atoms with Crippen LogP contribution in [0.3, 0.4) is 0 Å². The second-order valence-electron chi connectivity index (χ2n) is 3.31. The minimum atomic E-state index is -3.64. The van der Waals surface area contributed by atoms with Crippen molar-refractivity contribution in [2.45, 2.75) is 6.10 Å². The van der Waals surface area contributed by atoms with Gasteiger partial charge in [-0.15, -0.1) is 0 Å². The topological polar surface area (TPSA) is 82.3 Å². The Morgan fingerprint density at radius 1 is 1.29 bits per heavy atom. The fraction of sp³-hybridized carbons (Fsp3) is 0.200. The Hall–Kier alpha value is -1.73. The molecule has 0 N–H and O–H groups in total. The summed E-state index contributed by atoms with van der Waals surface area (Å²) in [6.07, 6.45) is 4.30. The van der Waals surface area contributed by atoms with Crippen molar-refractivity contribution in [3.05, 3.63) is 48.4 Å². The zero-order chi connectivity index (χ0) is 12.3. The van der Waals surface area contributed by atoms with E-state index in [1.165, 1.54) is 18.7 Å². The summed E-state index contributed by atoms with van der Waals surface area (Å²) >= 11 is 0. The zero-order valence-corrected chi connectivity index (χ0v) is 9.79. The number of hydrogen-bond donors (Lipinski definition) is 0. The summed E-state index contributed by atoms with van der Waals surface area (Å²) in [5.41, 5.74) is 0.417. The van der Waals surface area contributed by atoms with E-state index in [0.717, 1.165) is 6.26 Å². The van der Waals surface area contributed by atoms with Gasteiger partial charge in [0.2, 0.25) is 5.89 Å². The normalized spacial score (nSPS) is 13.5. The van der Waals surface area contributed by atoms with Crippen LogP contribution in [0, 0.1) is 0 Å². The molecular formula is C10H10N2O4S. The first-order chi connectivity index (χ1) is 8.06. The Labute approximate surface area is 98.4 Å². The van der Waals surface area contributed by atoms with E-state index in [1.54, 1.807) is 18.2 Å². The molecule has 1 unspecified atom stereocenters. The number of nitrogens with zero attached hydrogens (tertiary/aromatic N) is 2. The first kappa shape index (κ1) is 11.7. The number of aromatic nitrogens is 2. The molecule has 0 aromatic carbocycles. The van der Waals surface area contributed by atoms with Crippen molar-refractivity contribution in [2.24, 2.45) is 0 Å². The van der Waals surface area contributed by atoms with Gasteiger partial charge in [-0.3, -0.25) is 9.17 Å². The van der Waals surface area contributed by atoms with Crippen LogP contribution >= 0.6 is 0 Å². The van der Waals surface area contributed by atoms with E-state index in [1.807, 2.05) is 0 Å². The second kappa shape index (κ2) is 4.64. The molecule has 90 valence electrons. The highest BCUT2D eigenvalue weighted by atomic mass is 32.2. The molecule has 0 amide bonds. The fourth-order valence-electron chi connectivity index (χ4n) is 1.29. The largest absolute Gasteiger partial charge is 0.446 e. The fourth-order valence-corrected chi connectivity index (χ4v) is 1.82. The van der Waals surface area contributed by atoms with E-state index < -0.39 is 16.2 Å². The molecule has 6 nitrogen and oxygen atoms in total. The summed E-state index contributed by atoms with van der Waals surface area (Å²) in [6.45, 7) is 0. The van der Waals surface area contributed by atoms with E-state index >= 15 is 0 Å². The minimum Gasteiger partial charge on any atom is -0.446 e. The third kappa shape index (κ3) is 3.11. The molecule has 0 saturated carbocycles. The Bertz CT molecular complexity index is 566. The van der Waals surface area contributed by atoms with Gasteiger partial charge in [0.15, 0.2) is 6.10 Å². The van der Waals surface area contributed by atoms with Crippen molar-refractivity contribution in [2.75, 3.05) is 6.26 Å². The van der Waals surface area contributed by atoms with E-state index in [9.17, 15) is 8.42 Å². The standard InChI is InChI=1S/C10H10N2O4S/c1-17(13,14)16-9(10-12-6-7-15-10)8-4-2-3-5-11-8/h2-7,9H,1H3. The zero-order valence-electron chi connectivity index (χ0n) is 8.98. The smallest absolute Gasteiger partial charge is 0.265 e. The molecule has 0 fully saturated rings. The van der Waals surface area contributed by atoms with E-state index in [2.05, 4.69) is 9.97 Å². The number of hydrogen-bond acceptors (Lipinski definition) is 6. The average molecular weight is 254 g/mol. The lowest BCUT2D eigenvalue weighted by atomic mass is 10.2. The molecule has 0 spiro atoms. The Morgan fingerprint density at radius 2 is 2.12 bits per heavy atom. The summed E-state index contributed by atoms with van der Waals surface area (Å²) in [5, 5.41) is 0. The maximum atomic E-state index is 11.2. The highest BCUT2D eigenvalue weighted by Gasteiger charge is 2.24. The summed E-state index contributed by atoms with van der Waals surface area (Å²) in [4.78, 5) is 7.91. The molecule has 2 aromatic heterocycles. The van der Waals surface area contributed by atoms with Gasteiger partial charge in [0.1, 0.15) is 6.26 Å². The average Bonchev–Trinajstić information content (AvgIpc) is 2.79. The maximum Gasteiger partial charge on any atom is 0.265 e. The highest BCUT2D eigenvalue weighted by Crippen LogP contribution is 2.24. The van der Waals surface area contributed by atoms with Crippen molar-refractivity contribution in [1.82, 2.24) is 9.97 Å². The van der Waals surface area contributed by atoms with Crippen LogP contribution in [-0.2, 0) is 14.3 Å². The van der Waals surface area contributed by atoms with Crippen molar-refractivity contribution in [1.29, 1.82) is 0 Å². The van der Waals surface area contributed by atoms with Crippen molar-refractivity contribution >= 4 is 10.1 Å². The summed E-state index contributed by atoms with van der Waals surface area (Å²) in [7, 11) is -3.64. The Kier molecular flexibility index (Phi) is 3.21. The van der Waals surface area contributed by atoms with Gasteiger partial charge in [-0.05, 0) is 12.1 Å². The van der Waals surface area contributed by atoms with Gasteiger partial charge in [-0.2, -0.15) is 8.42 Å². The maximum absolute atomic E-state index is 11.2. The van der Waals surface area contributed by atoms with Crippen LogP contribution in [0.2, 0.25) is 0 Å². The molecule has 0 bridgehead atoms. The van der Waals surface area contributed by atoms with Crippen molar-refractivity contribution in [3.8, 4) is 0 Å². The minimum absolute atomic E-state index is 0.147. The third-order valence-electron chi connectivity index (χ3n) is 1.90. The lowest BCUT2D eigenvalue weighted by Crippen LogP contribution is -2.13. The molecule has 1 atom stereocenters. The van der Waals surface area contributed by atoms with Gasteiger partial charge in [0.25, 0.3) is 10.1 Å². The van der Waals surface area contributed by atoms with Gasteiger partial charge in [-0.25, -0.2) is 4.98 Å². The monoisotopic (exact) mass is 254 g/mol.